The maximum atomic E-state index is 11.1. The summed E-state index contributed by atoms with van der Waals surface area (Å²) in [7, 11) is -3.55. The minimum absolute atomic E-state index is 0. The molecular weight excluding hydrogens is 234 g/mol. The molecule has 72 valence electrons. The molecule has 0 bridgehead atoms. The Balaban J connectivity index is 0.000000845. The molecular formula is C7H7CaNO4S. The number of sulfonamides is 1. The molecule has 2 rings (SSSR count). The van der Waals surface area contributed by atoms with E-state index in [4.69, 9.17) is 0 Å². The van der Waals surface area contributed by atoms with Gasteiger partial charge in [0.15, 0.2) is 0 Å². The van der Waals surface area contributed by atoms with Gasteiger partial charge < -0.3 is 5.48 Å². The van der Waals surface area contributed by atoms with Crippen molar-refractivity contribution in [3.8, 4) is 0 Å². The van der Waals surface area contributed by atoms with Gasteiger partial charge >= 0.3 is 0 Å². The van der Waals surface area contributed by atoms with Crippen molar-refractivity contribution in [2.45, 2.75) is 4.90 Å². The van der Waals surface area contributed by atoms with Crippen LogP contribution in [0.25, 0.3) is 0 Å². The number of rotatable bonds is 0. The monoisotopic (exact) mass is 241 g/mol. The van der Waals surface area contributed by atoms with Crippen molar-refractivity contribution < 1.29 is 18.7 Å². The topological polar surface area (TPSA) is 94.7 Å². The van der Waals surface area contributed by atoms with Crippen LogP contribution in [0.2, 0.25) is 0 Å². The molecule has 2 radical (unpaired) electrons. The van der Waals surface area contributed by atoms with E-state index in [1.165, 1.54) is 12.1 Å². The summed E-state index contributed by atoms with van der Waals surface area (Å²) in [4.78, 5) is 11.1. The zero-order chi connectivity index (χ0) is 8.77. The van der Waals surface area contributed by atoms with Gasteiger partial charge in [0.2, 0.25) is 0 Å². The molecule has 0 saturated carbocycles. The fourth-order valence-corrected chi connectivity index (χ4v) is 2.29. The second-order valence-corrected chi connectivity index (χ2v) is 4.08. The van der Waals surface area contributed by atoms with Crippen LogP contribution in [0.5, 0.6) is 0 Å². The van der Waals surface area contributed by atoms with Crippen molar-refractivity contribution in [2.24, 2.45) is 0 Å². The maximum absolute atomic E-state index is 11.1. The van der Waals surface area contributed by atoms with Gasteiger partial charge in [0.05, 0.1) is 5.56 Å². The Morgan fingerprint density at radius 1 is 1.14 bits per heavy atom. The summed E-state index contributed by atoms with van der Waals surface area (Å²) < 4.78 is 24.2. The van der Waals surface area contributed by atoms with Crippen LogP contribution >= 0.6 is 0 Å². The van der Waals surface area contributed by atoms with E-state index in [9.17, 15) is 13.2 Å². The molecule has 0 spiro atoms. The van der Waals surface area contributed by atoms with Crippen LogP contribution in [0.15, 0.2) is 29.2 Å². The first kappa shape index (κ1) is 13.9. The summed E-state index contributed by atoms with van der Waals surface area (Å²) in [6, 6.07) is 6.09. The number of hydrogen-bond acceptors (Lipinski definition) is 3. The molecule has 7 heteroatoms. The van der Waals surface area contributed by atoms with Crippen molar-refractivity contribution in [1.82, 2.24) is 4.72 Å². The van der Waals surface area contributed by atoms with E-state index >= 15 is 0 Å². The summed E-state index contributed by atoms with van der Waals surface area (Å²) in [6.07, 6.45) is 0. The Morgan fingerprint density at radius 2 is 1.71 bits per heavy atom. The molecule has 0 unspecified atom stereocenters. The van der Waals surface area contributed by atoms with Crippen LogP contribution in [-0.2, 0) is 10.0 Å². The van der Waals surface area contributed by atoms with E-state index in [0.29, 0.717) is 0 Å². The number of carbonyl (C=O) groups is 1. The number of carbonyl (C=O) groups excluding carboxylic acids is 1. The molecule has 1 aromatic carbocycles. The zero-order valence-electron chi connectivity index (χ0n) is 7.15. The molecule has 0 atom stereocenters. The fraction of sp³-hybridized carbons (Fsp3) is 0. The Labute approximate surface area is 111 Å². The van der Waals surface area contributed by atoms with Gasteiger partial charge in [-0.2, -0.15) is 0 Å². The third-order valence-corrected chi connectivity index (χ3v) is 3.04. The summed E-state index contributed by atoms with van der Waals surface area (Å²) in [6.45, 7) is 0. The normalized spacial score (nSPS) is 15.9. The van der Waals surface area contributed by atoms with Crippen LogP contribution < -0.4 is 4.72 Å². The van der Waals surface area contributed by atoms with Gasteiger partial charge in [-0.25, -0.2) is 13.1 Å². The van der Waals surface area contributed by atoms with Gasteiger partial charge in [-0.05, 0) is 12.1 Å². The number of nitrogens with one attached hydrogen (secondary N) is 1. The second kappa shape index (κ2) is 4.59. The second-order valence-electron chi connectivity index (χ2n) is 2.43. The van der Waals surface area contributed by atoms with Crippen LogP contribution in [0.4, 0.5) is 0 Å². The molecule has 14 heavy (non-hydrogen) atoms. The molecule has 0 saturated heterocycles. The number of benzene rings is 1. The minimum Gasteiger partial charge on any atom is -0.412 e. The van der Waals surface area contributed by atoms with E-state index < -0.39 is 15.9 Å². The molecule has 1 aliphatic heterocycles. The summed E-state index contributed by atoms with van der Waals surface area (Å²) >= 11 is 0. The molecule has 1 aliphatic rings. The smallest absolute Gasteiger partial charge is 0.266 e. The Kier molecular flexibility index (Phi) is 4.54. The van der Waals surface area contributed by atoms with Gasteiger partial charge in [-0.15, -0.1) is 0 Å². The first-order valence-electron chi connectivity index (χ1n) is 3.27. The van der Waals surface area contributed by atoms with Crippen molar-refractivity contribution in [3.05, 3.63) is 29.8 Å². The molecule has 1 heterocycles. The van der Waals surface area contributed by atoms with Crippen LogP contribution in [0.1, 0.15) is 10.4 Å². The first-order valence-corrected chi connectivity index (χ1v) is 4.76. The van der Waals surface area contributed by atoms with Gasteiger partial charge in [-0.1, -0.05) is 12.1 Å². The first-order chi connectivity index (χ1) is 5.61. The number of fused-ring (bicyclic) bond motifs is 1. The van der Waals surface area contributed by atoms with E-state index in [1.54, 1.807) is 12.1 Å². The van der Waals surface area contributed by atoms with E-state index in [2.05, 4.69) is 0 Å². The minimum atomic E-state index is -3.55. The Hall–Kier alpha value is -0.140. The van der Waals surface area contributed by atoms with Crippen molar-refractivity contribution in [2.75, 3.05) is 0 Å². The number of hydrogen-bond donors (Lipinski definition) is 1. The Morgan fingerprint density at radius 3 is 2.29 bits per heavy atom. The predicted molar refractivity (Wildman–Crippen MR) is 50.5 cm³/mol. The third-order valence-electron chi connectivity index (χ3n) is 1.65. The fourth-order valence-electron chi connectivity index (χ4n) is 1.12. The molecule has 3 N–H and O–H groups in total. The molecule has 0 fully saturated rings. The zero-order valence-corrected chi connectivity index (χ0v) is 10.2. The van der Waals surface area contributed by atoms with E-state index in [-0.39, 0.29) is 53.7 Å². The summed E-state index contributed by atoms with van der Waals surface area (Å²) in [5.74, 6) is -0.550. The maximum Gasteiger partial charge on any atom is 0.266 e. The average molecular weight is 241 g/mol. The van der Waals surface area contributed by atoms with Gasteiger partial charge in [0.1, 0.15) is 4.90 Å². The van der Waals surface area contributed by atoms with Crippen molar-refractivity contribution >= 4 is 53.7 Å². The quantitative estimate of drug-likeness (QED) is 0.585. The molecule has 5 nitrogen and oxygen atoms in total. The third kappa shape index (κ3) is 2.09. The van der Waals surface area contributed by atoms with Crippen LogP contribution in [-0.4, -0.2) is 57.5 Å². The van der Waals surface area contributed by atoms with E-state index in [1.807, 2.05) is 4.72 Å². The van der Waals surface area contributed by atoms with Gasteiger partial charge in [-0.3, -0.25) is 4.79 Å². The van der Waals surface area contributed by atoms with Gasteiger partial charge in [0, 0.05) is 37.7 Å². The summed E-state index contributed by atoms with van der Waals surface area (Å²) in [5.41, 5.74) is 0.220. The molecule has 0 aliphatic carbocycles. The van der Waals surface area contributed by atoms with Gasteiger partial charge in [0.25, 0.3) is 15.9 Å². The van der Waals surface area contributed by atoms with Crippen LogP contribution in [0, 0.1) is 0 Å². The van der Waals surface area contributed by atoms with Crippen molar-refractivity contribution in [3.63, 3.8) is 0 Å². The standard InChI is InChI=1S/C7H5NO3S.Ca.H2O/c9-7-5-3-1-2-4-6(5)12(10,11)8-7;;/h1-4H,(H,8,9);;1H2. The van der Waals surface area contributed by atoms with Crippen molar-refractivity contribution in [1.29, 1.82) is 0 Å². The van der Waals surface area contributed by atoms with Crippen LogP contribution in [0.3, 0.4) is 0 Å². The largest absolute Gasteiger partial charge is 0.412 e. The summed E-state index contributed by atoms with van der Waals surface area (Å²) in [5, 5.41) is 0. The van der Waals surface area contributed by atoms with E-state index in [0.717, 1.165) is 0 Å². The Bertz CT molecular complexity index is 457. The SMILES string of the molecule is O.O=C1NS(=O)(=O)c2ccccc21.[Ca]. The number of amides is 1. The average Bonchev–Trinajstić information content (AvgIpc) is 2.25. The molecule has 0 aromatic heterocycles. The predicted octanol–water partition coefficient (Wildman–Crippen LogP) is -1.09. The molecule has 1 aromatic rings. The molecule has 1 amide bonds.